The molecule has 24 heavy (non-hydrogen) atoms. The summed E-state index contributed by atoms with van der Waals surface area (Å²) < 4.78 is 44.2. The number of thiazole rings is 1. The summed E-state index contributed by atoms with van der Waals surface area (Å²) in [7, 11) is -3.74. The van der Waals surface area contributed by atoms with Crippen molar-refractivity contribution in [2.24, 2.45) is 5.92 Å². The summed E-state index contributed by atoms with van der Waals surface area (Å²) in [6.07, 6.45) is 0.667. The molecular weight excluding hydrogens is 355 g/mol. The van der Waals surface area contributed by atoms with E-state index in [1.165, 1.54) is 28.8 Å². The van der Waals surface area contributed by atoms with Gasteiger partial charge in [-0.05, 0) is 30.7 Å². The van der Waals surface area contributed by atoms with Gasteiger partial charge in [0.05, 0.1) is 12.4 Å². The minimum atomic E-state index is -3.74. The first kappa shape index (κ1) is 17.0. The van der Waals surface area contributed by atoms with Gasteiger partial charge in [0.15, 0.2) is 0 Å². The molecule has 1 unspecified atom stereocenters. The van der Waals surface area contributed by atoms with Crippen molar-refractivity contribution < 1.29 is 22.3 Å². The van der Waals surface area contributed by atoms with Gasteiger partial charge in [0, 0.05) is 23.5 Å². The molecule has 9 heteroatoms. The number of amides is 1. The third-order valence-corrected chi connectivity index (χ3v) is 5.85. The minimum Gasteiger partial charge on any atom is -0.381 e. The number of aromatic nitrogens is 1. The molecule has 0 bridgehead atoms. The molecule has 1 N–H and O–H groups in total. The summed E-state index contributed by atoms with van der Waals surface area (Å²) in [4.78, 5) is 16.2. The molecule has 2 aromatic rings. The fourth-order valence-corrected chi connectivity index (χ4v) is 4.52. The summed E-state index contributed by atoms with van der Waals surface area (Å²) >= 11 is 1.19. The topological polar surface area (TPSA) is 85.4 Å². The molecule has 1 aromatic heterocycles. The first-order valence-corrected chi connectivity index (χ1v) is 9.80. The molecule has 3 rings (SSSR count). The highest BCUT2D eigenvalue weighted by Gasteiger charge is 2.25. The lowest BCUT2D eigenvalue weighted by molar-refractivity contribution is 0.0977. The molecule has 1 saturated heterocycles. The van der Waals surface area contributed by atoms with Crippen LogP contribution in [-0.4, -0.2) is 38.3 Å². The van der Waals surface area contributed by atoms with Crippen LogP contribution in [0.4, 0.5) is 4.39 Å². The van der Waals surface area contributed by atoms with Gasteiger partial charge in [-0.3, -0.25) is 4.79 Å². The Bertz CT molecular complexity index is 827. The first-order chi connectivity index (χ1) is 11.4. The number of hydrogen-bond acceptors (Lipinski definition) is 6. The number of benzene rings is 1. The zero-order valence-electron chi connectivity index (χ0n) is 12.6. The van der Waals surface area contributed by atoms with Crippen LogP contribution in [0.5, 0.6) is 0 Å². The molecule has 0 radical (unpaired) electrons. The number of nitrogens with zero attached hydrogens (tertiary/aromatic N) is 1. The van der Waals surface area contributed by atoms with E-state index in [0.717, 1.165) is 0 Å². The Morgan fingerprint density at radius 2 is 2.12 bits per heavy atom. The van der Waals surface area contributed by atoms with Gasteiger partial charge in [-0.15, -0.1) is 11.3 Å². The van der Waals surface area contributed by atoms with Gasteiger partial charge in [-0.2, -0.15) is 0 Å². The number of sulfonamides is 1. The molecule has 128 valence electrons. The summed E-state index contributed by atoms with van der Waals surface area (Å²) in [6.45, 7) is 0.932. The maximum Gasteiger partial charge on any atom is 0.284 e. The Labute approximate surface area is 142 Å². The summed E-state index contributed by atoms with van der Waals surface area (Å²) in [5.41, 5.74) is 0.678. The highest BCUT2D eigenvalue weighted by atomic mass is 32.2. The number of hydrogen-bond donors (Lipinski definition) is 1. The van der Waals surface area contributed by atoms with Crippen molar-refractivity contribution >= 4 is 27.3 Å². The Morgan fingerprint density at radius 3 is 2.79 bits per heavy atom. The van der Waals surface area contributed by atoms with Crippen molar-refractivity contribution in [3.63, 3.8) is 0 Å². The van der Waals surface area contributed by atoms with Gasteiger partial charge in [-0.1, -0.05) is 0 Å². The fraction of sp³-hybridized carbons (Fsp3) is 0.333. The normalized spacial score (nSPS) is 17.8. The van der Waals surface area contributed by atoms with Crippen LogP contribution in [0, 0.1) is 11.7 Å². The van der Waals surface area contributed by atoms with Crippen molar-refractivity contribution in [2.45, 2.75) is 6.42 Å². The van der Waals surface area contributed by atoms with Crippen LogP contribution in [-0.2, 0) is 14.8 Å². The van der Waals surface area contributed by atoms with Gasteiger partial charge < -0.3 is 4.74 Å². The Morgan fingerprint density at radius 1 is 1.38 bits per heavy atom. The number of carbonyl (C=O) groups is 1. The van der Waals surface area contributed by atoms with Gasteiger partial charge in [0.1, 0.15) is 16.5 Å². The second-order valence-corrected chi connectivity index (χ2v) is 8.11. The van der Waals surface area contributed by atoms with Crippen LogP contribution in [0.25, 0.3) is 10.6 Å². The van der Waals surface area contributed by atoms with Crippen molar-refractivity contribution in [1.29, 1.82) is 0 Å². The van der Waals surface area contributed by atoms with E-state index >= 15 is 0 Å². The fourth-order valence-electron chi connectivity index (χ4n) is 2.36. The highest BCUT2D eigenvalue weighted by Crippen LogP contribution is 2.24. The van der Waals surface area contributed by atoms with Crippen molar-refractivity contribution in [2.75, 3.05) is 19.0 Å². The summed E-state index contributed by atoms with van der Waals surface area (Å²) in [5, 5.41) is 1.99. The zero-order valence-corrected chi connectivity index (χ0v) is 14.2. The van der Waals surface area contributed by atoms with E-state index < -0.39 is 15.9 Å². The largest absolute Gasteiger partial charge is 0.381 e. The molecule has 0 aliphatic carbocycles. The summed E-state index contributed by atoms with van der Waals surface area (Å²) in [6, 6.07) is 5.69. The molecular formula is C15H15FN2O4S2. The SMILES string of the molecule is O=C(NS(=O)(=O)CC1CCOC1)c1csc(-c2ccc(F)cc2)n1. The standard InChI is InChI=1S/C15H15FN2O4S2/c16-12-3-1-11(2-4-12)15-17-13(8-23-15)14(19)18-24(20,21)9-10-5-6-22-7-10/h1-4,8,10H,5-7,9H2,(H,18,19). The van der Waals surface area contributed by atoms with Crippen LogP contribution in [0.2, 0.25) is 0 Å². The van der Waals surface area contributed by atoms with Crippen molar-refractivity contribution in [3.8, 4) is 10.6 Å². The second kappa shape index (κ2) is 6.96. The predicted molar refractivity (Wildman–Crippen MR) is 87.7 cm³/mol. The van der Waals surface area contributed by atoms with Crippen LogP contribution in [0.1, 0.15) is 16.9 Å². The quantitative estimate of drug-likeness (QED) is 0.871. The number of carbonyl (C=O) groups excluding carboxylic acids is 1. The Hall–Kier alpha value is -1.84. The monoisotopic (exact) mass is 370 g/mol. The predicted octanol–water partition coefficient (Wildman–Crippen LogP) is 2.05. The second-order valence-electron chi connectivity index (χ2n) is 5.49. The van der Waals surface area contributed by atoms with Crippen molar-refractivity contribution in [3.05, 3.63) is 41.2 Å². The molecule has 1 fully saturated rings. The first-order valence-electron chi connectivity index (χ1n) is 7.27. The molecule has 6 nitrogen and oxygen atoms in total. The van der Waals surface area contributed by atoms with Gasteiger partial charge in [-0.25, -0.2) is 22.5 Å². The van der Waals surface area contributed by atoms with Gasteiger partial charge in [0.2, 0.25) is 10.0 Å². The Kier molecular flexibility index (Phi) is 4.93. The number of rotatable bonds is 5. The maximum atomic E-state index is 12.9. The maximum absolute atomic E-state index is 12.9. The molecule has 1 aromatic carbocycles. The molecule has 2 heterocycles. The number of halogens is 1. The average molecular weight is 370 g/mol. The van der Waals surface area contributed by atoms with Gasteiger partial charge >= 0.3 is 0 Å². The van der Waals surface area contributed by atoms with Crippen molar-refractivity contribution in [1.82, 2.24) is 9.71 Å². The lowest BCUT2D eigenvalue weighted by Crippen LogP contribution is -2.35. The van der Waals surface area contributed by atoms with Crippen LogP contribution in [0.3, 0.4) is 0 Å². The smallest absolute Gasteiger partial charge is 0.284 e. The molecule has 0 saturated carbocycles. The molecule has 1 aliphatic heterocycles. The lowest BCUT2D eigenvalue weighted by atomic mass is 10.2. The molecule has 1 aliphatic rings. The van der Waals surface area contributed by atoms with E-state index in [-0.39, 0.29) is 23.2 Å². The van der Waals surface area contributed by atoms with E-state index in [9.17, 15) is 17.6 Å². The highest BCUT2D eigenvalue weighted by molar-refractivity contribution is 7.90. The third kappa shape index (κ3) is 4.16. The van der Waals surface area contributed by atoms with E-state index in [1.54, 1.807) is 12.1 Å². The molecule has 0 spiro atoms. The van der Waals surface area contributed by atoms with E-state index in [4.69, 9.17) is 4.74 Å². The molecule has 1 atom stereocenters. The summed E-state index contributed by atoms with van der Waals surface area (Å²) in [5.74, 6) is -1.37. The van der Waals surface area contributed by atoms with Gasteiger partial charge in [0.25, 0.3) is 5.91 Å². The van der Waals surface area contributed by atoms with Crippen LogP contribution in [0.15, 0.2) is 29.6 Å². The van der Waals surface area contributed by atoms with Crippen LogP contribution < -0.4 is 4.72 Å². The van der Waals surface area contributed by atoms with E-state index in [0.29, 0.717) is 30.2 Å². The van der Waals surface area contributed by atoms with Crippen LogP contribution >= 0.6 is 11.3 Å². The number of nitrogens with one attached hydrogen (secondary N) is 1. The third-order valence-electron chi connectivity index (χ3n) is 3.56. The average Bonchev–Trinajstić information content (AvgIpc) is 3.18. The Balaban J connectivity index is 1.68. The van der Waals surface area contributed by atoms with E-state index in [2.05, 4.69) is 4.98 Å². The zero-order chi connectivity index (χ0) is 17.2. The van der Waals surface area contributed by atoms with E-state index in [1.807, 2.05) is 4.72 Å². The molecule has 1 amide bonds. The minimum absolute atomic E-state index is 0.0190. The lowest BCUT2D eigenvalue weighted by Gasteiger charge is -2.09. The number of ether oxygens (including phenoxy) is 1.